The second-order valence-electron chi connectivity index (χ2n) is 4.73. The molecule has 3 nitrogen and oxygen atoms in total. The average Bonchev–Trinajstić information content (AvgIpc) is 2.73. The van der Waals surface area contributed by atoms with Gasteiger partial charge in [-0.25, -0.2) is 17.6 Å². The second-order valence-corrected chi connectivity index (χ2v) is 4.73. The third-order valence-corrected chi connectivity index (χ3v) is 3.16. The van der Waals surface area contributed by atoms with Crippen LogP contribution in [0.3, 0.4) is 0 Å². The lowest BCUT2D eigenvalue weighted by Crippen LogP contribution is -2.41. The van der Waals surface area contributed by atoms with E-state index in [9.17, 15) is 22.4 Å². The van der Waals surface area contributed by atoms with Gasteiger partial charge in [0.1, 0.15) is 11.6 Å². The van der Waals surface area contributed by atoms with E-state index in [1.807, 2.05) is 0 Å². The molecule has 1 heterocycles. The minimum absolute atomic E-state index is 0. The van der Waals surface area contributed by atoms with E-state index in [1.54, 1.807) is 0 Å². The third-order valence-electron chi connectivity index (χ3n) is 3.16. The molecule has 1 aliphatic rings. The van der Waals surface area contributed by atoms with E-state index in [4.69, 9.17) is 0 Å². The van der Waals surface area contributed by atoms with Gasteiger partial charge in [0.05, 0.1) is 12.6 Å². The quantitative estimate of drug-likeness (QED) is 0.831. The van der Waals surface area contributed by atoms with Gasteiger partial charge in [-0.1, -0.05) is 6.07 Å². The predicted molar refractivity (Wildman–Crippen MR) is 71.7 cm³/mol. The highest BCUT2D eigenvalue weighted by Gasteiger charge is 2.42. The van der Waals surface area contributed by atoms with Crippen molar-refractivity contribution in [1.29, 1.82) is 0 Å². The molecule has 0 radical (unpaired) electrons. The van der Waals surface area contributed by atoms with E-state index in [0.29, 0.717) is 0 Å². The van der Waals surface area contributed by atoms with Gasteiger partial charge in [-0.2, -0.15) is 0 Å². The molecule has 0 aromatic heterocycles. The Balaban J connectivity index is 0.00000220. The summed E-state index contributed by atoms with van der Waals surface area (Å²) < 4.78 is 52.4. The van der Waals surface area contributed by atoms with Gasteiger partial charge in [-0.05, 0) is 18.6 Å². The van der Waals surface area contributed by atoms with Gasteiger partial charge < -0.3 is 5.32 Å². The van der Waals surface area contributed by atoms with E-state index in [-0.39, 0.29) is 30.9 Å². The summed E-state index contributed by atoms with van der Waals surface area (Å²) in [6.07, 6.45) is -0.597. The van der Waals surface area contributed by atoms with Crippen LogP contribution < -0.4 is 10.6 Å². The SMILES string of the molecule is Cl.O=C(NCCc1c(F)cccc1F)C1CC(F)(F)CN1. The van der Waals surface area contributed by atoms with E-state index in [0.717, 1.165) is 12.1 Å². The van der Waals surface area contributed by atoms with Crippen LogP contribution in [0.1, 0.15) is 12.0 Å². The van der Waals surface area contributed by atoms with Crippen LogP contribution >= 0.6 is 12.4 Å². The van der Waals surface area contributed by atoms with Crippen LogP contribution in [0, 0.1) is 11.6 Å². The van der Waals surface area contributed by atoms with Crippen molar-refractivity contribution in [3.05, 3.63) is 35.4 Å². The van der Waals surface area contributed by atoms with Crippen molar-refractivity contribution in [2.75, 3.05) is 13.1 Å². The number of carbonyl (C=O) groups is 1. The summed E-state index contributed by atoms with van der Waals surface area (Å²) >= 11 is 0. The Morgan fingerprint density at radius 2 is 1.95 bits per heavy atom. The van der Waals surface area contributed by atoms with Crippen LogP contribution in [-0.4, -0.2) is 31.0 Å². The van der Waals surface area contributed by atoms with Gasteiger partial charge in [0.15, 0.2) is 0 Å². The Morgan fingerprint density at radius 1 is 1.33 bits per heavy atom. The highest BCUT2D eigenvalue weighted by atomic mass is 35.5. The summed E-state index contributed by atoms with van der Waals surface area (Å²) in [5.74, 6) is -4.85. The maximum atomic E-state index is 13.3. The Kier molecular flexibility index (Phi) is 5.98. The lowest BCUT2D eigenvalue weighted by molar-refractivity contribution is -0.123. The smallest absolute Gasteiger partial charge is 0.262 e. The van der Waals surface area contributed by atoms with Crippen LogP contribution in [0.15, 0.2) is 18.2 Å². The summed E-state index contributed by atoms with van der Waals surface area (Å²) in [6.45, 7) is -0.548. The standard InChI is InChI=1S/C13H14F4N2O.ClH/c14-9-2-1-3-10(15)8(9)4-5-18-12(20)11-6-13(16,17)7-19-11;/h1-3,11,19H,4-7H2,(H,18,20);1H. The number of amides is 1. The molecule has 1 fully saturated rings. The van der Waals surface area contributed by atoms with Gasteiger partial charge in [0.25, 0.3) is 5.92 Å². The van der Waals surface area contributed by atoms with Crippen LogP contribution in [-0.2, 0) is 11.2 Å². The van der Waals surface area contributed by atoms with E-state index in [1.165, 1.54) is 6.07 Å². The molecule has 1 aliphatic heterocycles. The molecule has 21 heavy (non-hydrogen) atoms. The summed E-state index contributed by atoms with van der Waals surface area (Å²) in [4.78, 5) is 11.6. The third kappa shape index (κ3) is 4.57. The molecule has 1 aromatic carbocycles. The molecule has 0 bridgehead atoms. The predicted octanol–water partition coefficient (Wildman–Crippen LogP) is 2.04. The number of hydrogen-bond acceptors (Lipinski definition) is 2. The zero-order chi connectivity index (χ0) is 14.8. The van der Waals surface area contributed by atoms with E-state index >= 15 is 0 Å². The van der Waals surface area contributed by atoms with Crippen LogP contribution in [0.4, 0.5) is 17.6 Å². The molecule has 0 aliphatic carbocycles. The van der Waals surface area contributed by atoms with Crippen molar-refractivity contribution < 1.29 is 22.4 Å². The maximum Gasteiger partial charge on any atom is 0.262 e. The molecule has 0 saturated carbocycles. The zero-order valence-electron chi connectivity index (χ0n) is 11.0. The molecule has 2 N–H and O–H groups in total. The minimum Gasteiger partial charge on any atom is -0.354 e. The average molecular weight is 327 g/mol. The first-order valence-electron chi connectivity index (χ1n) is 6.21. The van der Waals surface area contributed by atoms with Crippen LogP contribution in [0.25, 0.3) is 0 Å². The van der Waals surface area contributed by atoms with Crippen molar-refractivity contribution in [2.45, 2.75) is 24.8 Å². The van der Waals surface area contributed by atoms with Gasteiger partial charge >= 0.3 is 0 Å². The summed E-state index contributed by atoms with van der Waals surface area (Å²) in [7, 11) is 0. The molecule has 1 aromatic rings. The highest BCUT2D eigenvalue weighted by molar-refractivity contribution is 5.85. The minimum atomic E-state index is -2.89. The first kappa shape index (κ1) is 17.7. The number of halogens is 5. The molecule has 1 atom stereocenters. The van der Waals surface area contributed by atoms with Crippen molar-refractivity contribution in [2.24, 2.45) is 0 Å². The van der Waals surface area contributed by atoms with Gasteiger partial charge in [0, 0.05) is 18.5 Å². The monoisotopic (exact) mass is 326 g/mol. The van der Waals surface area contributed by atoms with E-state index < -0.39 is 42.5 Å². The van der Waals surface area contributed by atoms with Crippen molar-refractivity contribution in [3.63, 3.8) is 0 Å². The molecule has 2 rings (SSSR count). The van der Waals surface area contributed by atoms with Crippen LogP contribution in [0.5, 0.6) is 0 Å². The maximum absolute atomic E-state index is 13.3. The number of alkyl halides is 2. The summed E-state index contributed by atoms with van der Waals surface area (Å²) in [6, 6.07) is 2.53. The Hall–Kier alpha value is -1.34. The van der Waals surface area contributed by atoms with Crippen molar-refractivity contribution in [3.8, 4) is 0 Å². The molecule has 0 spiro atoms. The van der Waals surface area contributed by atoms with Gasteiger partial charge in [0.2, 0.25) is 5.91 Å². The second kappa shape index (κ2) is 7.09. The number of nitrogens with one attached hydrogen (secondary N) is 2. The number of carbonyl (C=O) groups excluding carboxylic acids is 1. The number of hydrogen-bond donors (Lipinski definition) is 2. The molecule has 1 saturated heterocycles. The normalized spacial score (nSPS) is 19.9. The van der Waals surface area contributed by atoms with Crippen molar-refractivity contribution in [1.82, 2.24) is 10.6 Å². The molecule has 8 heteroatoms. The summed E-state index contributed by atoms with van der Waals surface area (Å²) in [5.41, 5.74) is -0.127. The van der Waals surface area contributed by atoms with Gasteiger partial charge in [-0.15, -0.1) is 12.4 Å². The fourth-order valence-electron chi connectivity index (χ4n) is 2.11. The first-order valence-corrected chi connectivity index (χ1v) is 6.21. The van der Waals surface area contributed by atoms with Crippen molar-refractivity contribution >= 4 is 18.3 Å². The topological polar surface area (TPSA) is 41.1 Å². The lowest BCUT2D eigenvalue weighted by Gasteiger charge is -2.11. The molecule has 118 valence electrons. The fraction of sp³-hybridized carbons (Fsp3) is 0.462. The summed E-state index contributed by atoms with van der Waals surface area (Å²) in [5, 5.41) is 4.81. The van der Waals surface area contributed by atoms with E-state index in [2.05, 4.69) is 10.6 Å². The largest absolute Gasteiger partial charge is 0.354 e. The Labute approximate surface area is 125 Å². The lowest BCUT2D eigenvalue weighted by atomic mass is 10.1. The molecular formula is C13H15ClF4N2O. The van der Waals surface area contributed by atoms with Gasteiger partial charge in [-0.3, -0.25) is 10.1 Å². The van der Waals surface area contributed by atoms with Crippen LogP contribution in [0.2, 0.25) is 0 Å². The Morgan fingerprint density at radius 3 is 2.48 bits per heavy atom. The number of rotatable bonds is 4. The molecule has 1 unspecified atom stereocenters. The fourth-order valence-corrected chi connectivity index (χ4v) is 2.11. The molecular weight excluding hydrogens is 312 g/mol. The Bertz CT molecular complexity index is 493. The zero-order valence-corrected chi connectivity index (χ0v) is 11.8. The molecule has 1 amide bonds. The highest BCUT2D eigenvalue weighted by Crippen LogP contribution is 2.25. The number of benzene rings is 1. The first-order chi connectivity index (χ1) is 9.39.